The molecule has 7 nitrogen and oxygen atoms in total. The van der Waals surface area contributed by atoms with Crippen molar-refractivity contribution >= 4 is 17.7 Å². The van der Waals surface area contributed by atoms with Crippen molar-refractivity contribution < 1.29 is 19.1 Å². The fourth-order valence-electron chi connectivity index (χ4n) is 4.45. The summed E-state index contributed by atoms with van der Waals surface area (Å²) in [4.78, 5) is 42.3. The Kier molecular flexibility index (Phi) is 7.16. The van der Waals surface area contributed by atoms with Gasteiger partial charge < -0.3 is 9.64 Å². The molecule has 0 N–H and O–H groups in total. The Balaban J connectivity index is 1.63. The quantitative estimate of drug-likeness (QED) is 0.424. The summed E-state index contributed by atoms with van der Waals surface area (Å²) in [5.74, 6) is -0.468. The summed E-state index contributed by atoms with van der Waals surface area (Å²) in [7, 11) is 0. The highest BCUT2D eigenvalue weighted by molar-refractivity contribution is 6.21. The van der Waals surface area contributed by atoms with E-state index in [1.54, 1.807) is 59.5 Å². The van der Waals surface area contributed by atoms with Gasteiger partial charge in [-0.05, 0) is 68.3 Å². The first kappa shape index (κ1) is 24.7. The molecule has 0 bridgehead atoms. The Labute approximate surface area is 210 Å². The van der Waals surface area contributed by atoms with Crippen molar-refractivity contribution in [1.29, 1.82) is 5.26 Å². The molecule has 1 heterocycles. The van der Waals surface area contributed by atoms with Crippen LogP contribution in [0.5, 0.6) is 5.75 Å². The number of nitrogens with zero attached hydrogens (tertiary/aromatic N) is 3. The minimum Gasteiger partial charge on any atom is -0.493 e. The van der Waals surface area contributed by atoms with Gasteiger partial charge in [0, 0.05) is 6.54 Å². The standard InChI is InChI=1S/C29H27N3O4/c1-4-31(19(3)22-13-10-20(17-30)11-14-22)29(35)25-16-21(12-15-26(25)36-5-2)18-32-27(33)23-8-6-7-9-24(23)28(32)34/h6-16,19H,4-5,18H2,1-3H3. The van der Waals surface area contributed by atoms with E-state index in [4.69, 9.17) is 10.00 Å². The Hall–Kier alpha value is -4.44. The minimum absolute atomic E-state index is 0.0519. The maximum atomic E-state index is 13.8. The number of imide groups is 1. The van der Waals surface area contributed by atoms with E-state index in [2.05, 4.69) is 6.07 Å². The first-order valence-corrected chi connectivity index (χ1v) is 11.9. The van der Waals surface area contributed by atoms with E-state index in [-0.39, 0.29) is 30.3 Å². The van der Waals surface area contributed by atoms with Crippen molar-refractivity contribution in [2.24, 2.45) is 0 Å². The van der Waals surface area contributed by atoms with Crippen LogP contribution < -0.4 is 4.74 Å². The van der Waals surface area contributed by atoms with Crippen molar-refractivity contribution in [2.45, 2.75) is 33.4 Å². The average molecular weight is 482 g/mol. The normalized spacial score (nSPS) is 13.2. The molecule has 1 unspecified atom stereocenters. The fourth-order valence-corrected chi connectivity index (χ4v) is 4.45. The highest BCUT2D eigenvalue weighted by Gasteiger charge is 2.35. The van der Waals surface area contributed by atoms with Crippen molar-refractivity contribution in [3.05, 3.63) is 100 Å². The van der Waals surface area contributed by atoms with Crippen LogP contribution in [0, 0.1) is 11.3 Å². The number of amides is 3. The molecule has 0 fully saturated rings. The lowest BCUT2D eigenvalue weighted by Gasteiger charge is -2.29. The van der Waals surface area contributed by atoms with Crippen LogP contribution in [0.3, 0.4) is 0 Å². The summed E-state index contributed by atoms with van der Waals surface area (Å²) in [5, 5.41) is 9.08. The number of hydrogen-bond acceptors (Lipinski definition) is 5. The van der Waals surface area contributed by atoms with E-state index in [0.717, 1.165) is 5.56 Å². The summed E-state index contributed by atoms with van der Waals surface area (Å²) in [6.07, 6.45) is 0. The van der Waals surface area contributed by atoms with Crippen LogP contribution in [-0.2, 0) is 6.54 Å². The maximum Gasteiger partial charge on any atom is 0.261 e. The van der Waals surface area contributed by atoms with E-state index in [9.17, 15) is 14.4 Å². The number of fused-ring (bicyclic) bond motifs is 1. The Morgan fingerprint density at radius 2 is 1.64 bits per heavy atom. The number of carbonyl (C=O) groups excluding carboxylic acids is 3. The fraction of sp³-hybridized carbons (Fsp3) is 0.241. The predicted molar refractivity (Wildman–Crippen MR) is 135 cm³/mol. The molecule has 0 aliphatic carbocycles. The second-order valence-corrected chi connectivity index (χ2v) is 8.51. The van der Waals surface area contributed by atoms with Gasteiger partial charge >= 0.3 is 0 Å². The van der Waals surface area contributed by atoms with Gasteiger partial charge in [-0.3, -0.25) is 19.3 Å². The molecule has 1 atom stereocenters. The lowest BCUT2D eigenvalue weighted by Crippen LogP contribution is -2.34. The molecule has 0 saturated carbocycles. The Morgan fingerprint density at radius 3 is 2.19 bits per heavy atom. The second kappa shape index (κ2) is 10.4. The van der Waals surface area contributed by atoms with Crippen molar-refractivity contribution in [1.82, 2.24) is 9.80 Å². The van der Waals surface area contributed by atoms with E-state index < -0.39 is 0 Å². The van der Waals surface area contributed by atoms with Crippen LogP contribution in [0.2, 0.25) is 0 Å². The highest BCUT2D eigenvalue weighted by Crippen LogP contribution is 2.29. The Bertz CT molecular complexity index is 1320. The van der Waals surface area contributed by atoms with Gasteiger partial charge in [-0.15, -0.1) is 0 Å². The first-order valence-electron chi connectivity index (χ1n) is 11.9. The molecule has 4 rings (SSSR count). The predicted octanol–water partition coefficient (Wildman–Crippen LogP) is 4.98. The Morgan fingerprint density at radius 1 is 1.00 bits per heavy atom. The minimum atomic E-state index is -0.345. The molecular formula is C29H27N3O4. The third-order valence-electron chi connectivity index (χ3n) is 6.38. The van der Waals surface area contributed by atoms with Crippen molar-refractivity contribution in [3.63, 3.8) is 0 Å². The van der Waals surface area contributed by atoms with Crippen LogP contribution in [0.25, 0.3) is 0 Å². The van der Waals surface area contributed by atoms with Crippen molar-refractivity contribution in [3.8, 4) is 11.8 Å². The van der Waals surface area contributed by atoms with Crippen LogP contribution in [0.1, 0.15) is 74.6 Å². The molecular weight excluding hydrogens is 454 g/mol. The molecule has 36 heavy (non-hydrogen) atoms. The van der Waals surface area contributed by atoms with Gasteiger partial charge in [0.25, 0.3) is 17.7 Å². The maximum absolute atomic E-state index is 13.8. The van der Waals surface area contributed by atoms with Crippen LogP contribution in [-0.4, -0.2) is 40.7 Å². The number of benzene rings is 3. The summed E-state index contributed by atoms with van der Waals surface area (Å²) in [6, 6.07) is 21.0. The van der Waals surface area contributed by atoms with Gasteiger partial charge in [-0.25, -0.2) is 0 Å². The zero-order valence-corrected chi connectivity index (χ0v) is 20.5. The molecule has 1 aliphatic rings. The third-order valence-corrected chi connectivity index (χ3v) is 6.38. The number of carbonyl (C=O) groups is 3. The zero-order valence-electron chi connectivity index (χ0n) is 20.5. The van der Waals surface area contributed by atoms with Gasteiger partial charge in [0.2, 0.25) is 0 Å². The van der Waals surface area contributed by atoms with Gasteiger partial charge in [0.15, 0.2) is 0 Å². The molecule has 182 valence electrons. The van der Waals surface area contributed by atoms with Gasteiger partial charge in [-0.2, -0.15) is 5.26 Å². The van der Waals surface area contributed by atoms with Crippen LogP contribution >= 0.6 is 0 Å². The zero-order chi connectivity index (χ0) is 25.8. The number of nitriles is 1. The third kappa shape index (κ3) is 4.58. The topological polar surface area (TPSA) is 90.7 Å². The highest BCUT2D eigenvalue weighted by atomic mass is 16.5. The molecule has 3 aromatic carbocycles. The molecule has 0 spiro atoms. The molecule has 0 saturated heterocycles. The van der Waals surface area contributed by atoms with Gasteiger partial charge in [-0.1, -0.05) is 30.3 Å². The molecule has 3 aromatic rings. The summed E-state index contributed by atoms with van der Waals surface area (Å²) >= 11 is 0. The van der Waals surface area contributed by atoms with Gasteiger partial charge in [0.05, 0.1) is 47.5 Å². The summed E-state index contributed by atoms with van der Waals surface area (Å²) < 4.78 is 5.76. The molecule has 0 radical (unpaired) electrons. The van der Waals surface area contributed by atoms with E-state index in [0.29, 0.717) is 46.7 Å². The van der Waals surface area contributed by atoms with E-state index in [1.165, 1.54) is 4.90 Å². The SMILES string of the molecule is CCOc1ccc(CN2C(=O)c3ccccc3C2=O)cc1C(=O)N(CC)C(C)c1ccc(C#N)cc1. The van der Waals surface area contributed by atoms with E-state index >= 15 is 0 Å². The van der Waals surface area contributed by atoms with E-state index in [1.807, 2.05) is 32.9 Å². The summed E-state index contributed by atoms with van der Waals surface area (Å²) in [6.45, 7) is 6.57. The number of ether oxygens (including phenoxy) is 1. The first-order chi connectivity index (χ1) is 17.4. The second-order valence-electron chi connectivity index (χ2n) is 8.51. The number of hydrogen-bond donors (Lipinski definition) is 0. The van der Waals surface area contributed by atoms with Crippen molar-refractivity contribution in [2.75, 3.05) is 13.2 Å². The molecule has 3 amide bonds. The van der Waals surface area contributed by atoms with Crippen LogP contribution in [0.15, 0.2) is 66.7 Å². The molecule has 7 heteroatoms. The van der Waals surface area contributed by atoms with Crippen LogP contribution in [0.4, 0.5) is 0 Å². The number of rotatable bonds is 8. The largest absolute Gasteiger partial charge is 0.493 e. The summed E-state index contributed by atoms with van der Waals surface area (Å²) in [5.41, 5.74) is 3.26. The monoisotopic (exact) mass is 481 g/mol. The van der Waals surface area contributed by atoms with Gasteiger partial charge in [0.1, 0.15) is 5.75 Å². The molecule has 1 aliphatic heterocycles. The smallest absolute Gasteiger partial charge is 0.261 e. The lowest BCUT2D eigenvalue weighted by molar-refractivity contribution is 0.0641. The average Bonchev–Trinajstić information content (AvgIpc) is 3.14. The molecule has 0 aromatic heterocycles. The lowest BCUT2D eigenvalue weighted by atomic mass is 10.0.